The smallest absolute Gasteiger partial charge is 0.0530 e. The maximum Gasteiger partial charge on any atom is 0.0530 e. The van der Waals surface area contributed by atoms with Gasteiger partial charge in [-0.25, -0.2) is 0 Å². The van der Waals surface area contributed by atoms with E-state index in [0.29, 0.717) is 6.04 Å². The molecule has 0 saturated carbocycles. The molecule has 0 aromatic heterocycles. The van der Waals surface area contributed by atoms with Gasteiger partial charge in [0.25, 0.3) is 0 Å². The second-order valence-corrected chi connectivity index (χ2v) is 5.36. The summed E-state index contributed by atoms with van der Waals surface area (Å²) < 4.78 is 0. The lowest BCUT2D eigenvalue weighted by Crippen LogP contribution is -2.58. The van der Waals surface area contributed by atoms with Crippen LogP contribution in [0.5, 0.6) is 0 Å². The van der Waals surface area contributed by atoms with E-state index < -0.39 is 0 Å². The summed E-state index contributed by atoms with van der Waals surface area (Å²) in [5.41, 5.74) is 0.442. The Hall–Kier alpha value is -0.370. The number of nitrogens with zero attached hydrogens (tertiary/aromatic N) is 1. The van der Waals surface area contributed by atoms with Crippen molar-refractivity contribution >= 4 is 6.21 Å². The highest BCUT2D eigenvalue weighted by Gasteiger charge is 2.37. The molecule has 1 rings (SSSR count). The van der Waals surface area contributed by atoms with Gasteiger partial charge in [0.1, 0.15) is 0 Å². The zero-order valence-corrected chi connectivity index (χ0v) is 9.52. The maximum absolute atomic E-state index is 4.51. The monoisotopic (exact) mass is 182 g/mol. The van der Waals surface area contributed by atoms with Crippen LogP contribution < -0.4 is 5.32 Å². The van der Waals surface area contributed by atoms with Gasteiger partial charge in [0.05, 0.1) is 6.04 Å². The van der Waals surface area contributed by atoms with Gasteiger partial charge in [0.15, 0.2) is 0 Å². The first-order valence-corrected chi connectivity index (χ1v) is 5.12. The van der Waals surface area contributed by atoms with Gasteiger partial charge in [0, 0.05) is 11.1 Å². The molecule has 1 fully saturated rings. The van der Waals surface area contributed by atoms with Crippen LogP contribution in [0, 0.1) is 0 Å². The van der Waals surface area contributed by atoms with Gasteiger partial charge in [-0.3, -0.25) is 4.99 Å². The van der Waals surface area contributed by atoms with Gasteiger partial charge in [-0.15, -0.1) is 0 Å². The van der Waals surface area contributed by atoms with Crippen LogP contribution in [-0.2, 0) is 0 Å². The lowest BCUT2D eigenvalue weighted by molar-refractivity contribution is 0.164. The number of hydrogen-bond donors (Lipinski definition) is 1. The molecule has 0 aromatic rings. The summed E-state index contributed by atoms with van der Waals surface area (Å²) in [7, 11) is 0. The van der Waals surface area contributed by atoms with E-state index in [2.05, 4.69) is 38.0 Å². The summed E-state index contributed by atoms with van der Waals surface area (Å²) in [5, 5.41) is 3.65. The summed E-state index contributed by atoms with van der Waals surface area (Å²) >= 11 is 0. The molecule has 13 heavy (non-hydrogen) atoms. The third-order valence-electron chi connectivity index (χ3n) is 2.53. The molecule has 0 atom stereocenters. The Kier molecular flexibility index (Phi) is 2.81. The quantitative estimate of drug-likeness (QED) is 0.619. The summed E-state index contributed by atoms with van der Waals surface area (Å²) in [5.74, 6) is 0. The Morgan fingerprint density at radius 3 is 2.00 bits per heavy atom. The predicted octanol–water partition coefficient (Wildman–Crippen LogP) is 2.39. The molecule has 0 amide bonds. The zero-order valence-electron chi connectivity index (χ0n) is 9.52. The van der Waals surface area contributed by atoms with E-state index in [-0.39, 0.29) is 11.1 Å². The molecule has 1 aliphatic rings. The summed E-state index contributed by atoms with van der Waals surface area (Å²) in [4.78, 5) is 4.51. The van der Waals surface area contributed by atoms with E-state index in [9.17, 15) is 0 Å². The lowest BCUT2D eigenvalue weighted by Gasteiger charge is -2.45. The molecule has 0 spiro atoms. The van der Waals surface area contributed by atoms with E-state index in [1.807, 2.05) is 13.1 Å². The molecule has 0 unspecified atom stereocenters. The van der Waals surface area contributed by atoms with Crippen molar-refractivity contribution in [3.63, 3.8) is 0 Å². The molecule has 2 heteroatoms. The highest BCUT2D eigenvalue weighted by molar-refractivity contribution is 5.53. The molecule has 76 valence electrons. The van der Waals surface area contributed by atoms with Crippen LogP contribution in [0.25, 0.3) is 0 Å². The Balaban J connectivity index is 2.72. The van der Waals surface area contributed by atoms with Crippen LogP contribution in [0.3, 0.4) is 0 Å². The minimum Gasteiger partial charge on any atom is -0.307 e. The van der Waals surface area contributed by atoms with Crippen molar-refractivity contribution in [2.75, 3.05) is 0 Å². The van der Waals surface area contributed by atoms with E-state index in [0.717, 1.165) is 12.8 Å². The molecule has 0 bridgehead atoms. The van der Waals surface area contributed by atoms with Crippen LogP contribution >= 0.6 is 0 Å². The summed E-state index contributed by atoms with van der Waals surface area (Å²) in [6.07, 6.45) is 4.21. The number of rotatable bonds is 1. The molecular formula is C11H22N2. The summed E-state index contributed by atoms with van der Waals surface area (Å²) in [6.45, 7) is 11.0. The molecule has 1 heterocycles. The minimum absolute atomic E-state index is 0.221. The van der Waals surface area contributed by atoms with Crippen molar-refractivity contribution in [2.24, 2.45) is 4.99 Å². The number of piperidine rings is 1. The molecule has 0 aliphatic carbocycles. The van der Waals surface area contributed by atoms with Crippen LogP contribution in [0.4, 0.5) is 0 Å². The third-order valence-corrected chi connectivity index (χ3v) is 2.53. The highest BCUT2D eigenvalue weighted by atomic mass is 15.1. The third kappa shape index (κ3) is 3.11. The minimum atomic E-state index is 0.221. The van der Waals surface area contributed by atoms with E-state index in [1.54, 1.807) is 0 Å². The second kappa shape index (κ2) is 3.41. The fourth-order valence-electron chi connectivity index (χ4n) is 2.58. The van der Waals surface area contributed by atoms with E-state index in [4.69, 9.17) is 0 Å². The Morgan fingerprint density at radius 2 is 1.62 bits per heavy atom. The Morgan fingerprint density at radius 1 is 1.15 bits per heavy atom. The van der Waals surface area contributed by atoms with Crippen molar-refractivity contribution < 1.29 is 0 Å². The molecular weight excluding hydrogens is 160 g/mol. The molecule has 1 saturated heterocycles. The molecule has 1 N–H and O–H groups in total. The van der Waals surface area contributed by atoms with Crippen LogP contribution in [0.15, 0.2) is 4.99 Å². The van der Waals surface area contributed by atoms with Gasteiger partial charge in [0.2, 0.25) is 0 Å². The van der Waals surface area contributed by atoms with Gasteiger partial charge in [-0.05, 0) is 53.7 Å². The van der Waals surface area contributed by atoms with Crippen molar-refractivity contribution in [3.8, 4) is 0 Å². The maximum atomic E-state index is 4.51. The van der Waals surface area contributed by atoms with Gasteiger partial charge >= 0.3 is 0 Å². The van der Waals surface area contributed by atoms with Crippen molar-refractivity contribution in [1.82, 2.24) is 5.32 Å². The SMILES string of the molecule is CC=NC1CC(C)(C)NC(C)(C)C1. The van der Waals surface area contributed by atoms with E-state index in [1.165, 1.54) is 0 Å². The van der Waals surface area contributed by atoms with E-state index >= 15 is 0 Å². The average Bonchev–Trinajstić information content (AvgIpc) is 1.78. The first kappa shape index (κ1) is 10.7. The summed E-state index contributed by atoms with van der Waals surface area (Å²) in [6, 6.07) is 0.497. The lowest BCUT2D eigenvalue weighted by atomic mass is 9.80. The highest BCUT2D eigenvalue weighted by Crippen LogP contribution is 2.29. The van der Waals surface area contributed by atoms with Crippen molar-refractivity contribution in [3.05, 3.63) is 0 Å². The topological polar surface area (TPSA) is 24.4 Å². The first-order chi connectivity index (χ1) is 5.85. The Labute approximate surface area is 81.8 Å². The first-order valence-electron chi connectivity index (χ1n) is 5.12. The largest absolute Gasteiger partial charge is 0.307 e. The van der Waals surface area contributed by atoms with Gasteiger partial charge in [-0.1, -0.05) is 0 Å². The number of hydrogen-bond acceptors (Lipinski definition) is 2. The van der Waals surface area contributed by atoms with Gasteiger partial charge in [-0.2, -0.15) is 0 Å². The molecule has 0 radical (unpaired) electrons. The number of nitrogens with one attached hydrogen (secondary N) is 1. The van der Waals surface area contributed by atoms with Crippen molar-refractivity contribution in [1.29, 1.82) is 0 Å². The Bertz CT molecular complexity index is 188. The van der Waals surface area contributed by atoms with Crippen LogP contribution in [0.2, 0.25) is 0 Å². The fraction of sp³-hybridized carbons (Fsp3) is 0.909. The van der Waals surface area contributed by atoms with Crippen molar-refractivity contribution in [2.45, 2.75) is 64.6 Å². The van der Waals surface area contributed by atoms with Crippen LogP contribution in [0.1, 0.15) is 47.5 Å². The zero-order chi connectivity index (χ0) is 10.1. The fourth-order valence-corrected chi connectivity index (χ4v) is 2.58. The second-order valence-electron chi connectivity index (χ2n) is 5.36. The predicted molar refractivity (Wildman–Crippen MR) is 58.5 cm³/mol. The average molecular weight is 182 g/mol. The molecule has 1 aliphatic heterocycles. The van der Waals surface area contributed by atoms with Crippen LogP contribution in [-0.4, -0.2) is 23.3 Å². The van der Waals surface area contributed by atoms with Gasteiger partial charge < -0.3 is 5.32 Å². The standard InChI is InChI=1S/C11H22N2/c1-6-12-9-7-10(2,3)13-11(4,5)8-9/h6,9,13H,7-8H2,1-5H3. The molecule has 2 nitrogen and oxygen atoms in total. The number of aliphatic imine (C=N–C) groups is 1. The normalized spacial score (nSPS) is 28.1. The molecule has 0 aromatic carbocycles.